The molecule has 0 aromatic heterocycles. The fourth-order valence-corrected chi connectivity index (χ4v) is 3.54. The molecule has 130 valence electrons. The Hall–Kier alpha value is -2.08. The van der Waals surface area contributed by atoms with Gasteiger partial charge in [-0.25, -0.2) is 4.79 Å². The van der Waals surface area contributed by atoms with Gasteiger partial charge in [0.2, 0.25) is 5.91 Å². The Bertz CT molecular complexity index is 602. The molecule has 3 amide bonds. The number of likely N-dealkylation sites (tertiary alicyclic amines) is 1. The number of carbonyl (C=O) groups excluding carboxylic acids is 2. The summed E-state index contributed by atoms with van der Waals surface area (Å²) in [5.74, 6) is -0.0277. The summed E-state index contributed by atoms with van der Waals surface area (Å²) in [6.45, 7) is 4.99. The van der Waals surface area contributed by atoms with E-state index >= 15 is 0 Å². The van der Waals surface area contributed by atoms with Crippen molar-refractivity contribution >= 4 is 17.6 Å². The van der Waals surface area contributed by atoms with Gasteiger partial charge in [0.1, 0.15) is 5.54 Å². The smallest absolute Gasteiger partial charge is 0.320 e. The third kappa shape index (κ3) is 3.87. The second-order valence-electron chi connectivity index (χ2n) is 7.25. The second-order valence-corrected chi connectivity index (χ2v) is 7.25. The topological polar surface area (TPSA) is 73.5 Å². The van der Waals surface area contributed by atoms with Gasteiger partial charge in [-0.15, -0.1) is 0 Å². The molecule has 0 spiro atoms. The number of hydrogen-bond donors (Lipinski definition) is 3. The van der Waals surface area contributed by atoms with Gasteiger partial charge in [-0.05, 0) is 45.2 Å². The van der Waals surface area contributed by atoms with Crippen LogP contribution in [0.15, 0.2) is 30.3 Å². The minimum Gasteiger partial charge on any atom is -0.339 e. The Morgan fingerprint density at radius 1 is 1.12 bits per heavy atom. The molecule has 6 nitrogen and oxygen atoms in total. The molecule has 3 N–H and O–H groups in total. The lowest BCUT2D eigenvalue weighted by Gasteiger charge is -2.33. The molecular weight excluding hydrogens is 304 g/mol. The number of amides is 3. The van der Waals surface area contributed by atoms with Crippen LogP contribution in [0.5, 0.6) is 0 Å². The standard InChI is InChI=1S/C18H26N4O2/c1-18(2,21-17(24)20-13-6-4-3-5-7-13)16(23)22-11-10-14-8-9-15(12-22)19-14/h3-7,14-15,19H,8-12H2,1-2H3,(H2,20,21,24). The number of hydrogen-bond acceptors (Lipinski definition) is 3. The SMILES string of the molecule is CC(C)(NC(=O)Nc1ccccc1)C(=O)N1CCC2CCC(C1)N2. The van der Waals surface area contributed by atoms with Gasteiger partial charge in [-0.1, -0.05) is 18.2 Å². The summed E-state index contributed by atoms with van der Waals surface area (Å²) in [5.41, 5.74) is -0.239. The van der Waals surface area contributed by atoms with Crippen molar-refractivity contribution < 1.29 is 9.59 Å². The summed E-state index contributed by atoms with van der Waals surface area (Å²) in [7, 11) is 0. The number of urea groups is 1. The van der Waals surface area contributed by atoms with Gasteiger partial charge < -0.3 is 20.9 Å². The third-order valence-corrected chi connectivity index (χ3v) is 4.80. The number of anilines is 1. The van der Waals surface area contributed by atoms with E-state index in [1.165, 1.54) is 6.42 Å². The van der Waals surface area contributed by atoms with Gasteiger partial charge in [-0.3, -0.25) is 4.79 Å². The van der Waals surface area contributed by atoms with Crippen LogP contribution in [0.1, 0.15) is 33.1 Å². The molecular formula is C18H26N4O2. The lowest BCUT2D eigenvalue weighted by atomic mass is 10.0. The van der Waals surface area contributed by atoms with Crippen molar-refractivity contribution in [3.8, 4) is 0 Å². The molecule has 2 heterocycles. The van der Waals surface area contributed by atoms with E-state index in [1.807, 2.05) is 35.2 Å². The molecule has 2 atom stereocenters. The summed E-state index contributed by atoms with van der Waals surface area (Å²) in [6, 6.07) is 9.76. The van der Waals surface area contributed by atoms with Crippen LogP contribution in [0.3, 0.4) is 0 Å². The highest BCUT2D eigenvalue weighted by Gasteiger charge is 2.37. The quantitative estimate of drug-likeness (QED) is 0.793. The highest BCUT2D eigenvalue weighted by Crippen LogP contribution is 2.22. The minimum atomic E-state index is -0.942. The van der Waals surface area contributed by atoms with Crippen LogP contribution in [-0.4, -0.2) is 47.6 Å². The molecule has 2 unspecified atom stereocenters. The van der Waals surface area contributed by atoms with Gasteiger partial charge >= 0.3 is 6.03 Å². The Morgan fingerprint density at radius 2 is 1.83 bits per heavy atom. The van der Waals surface area contributed by atoms with E-state index in [4.69, 9.17) is 0 Å². The fourth-order valence-electron chi connectivity index (χ4n) is 3.54. The number of nitrogens with one attached hydrogen (secondary N) is 3. The lowest BCUT2D eigenvalue weighted by molar-refractivity contribution is -0.136. The van der Waals surface area contributed by atoms with Crippen molar-refractivity contribution in [1.82, 2.24) is 15.5 Å². The molecule has 24 heavy (non-hydrogen) atoms. The Morgan fingerprint density at radius 3 is 2.58 bits per heavy atom. The predicted molar refractivity (Wildman–Crippen MR) is 93.8 cm³/mol. The number of rotatable bonds is 3. The van der Waals surface area contributed by atoms with Crippen molar-refractivity contribution in [1.29, 1.82) is 0 Å². The Kier molecular flexibility index (Phi) is 4.76. The van der Waals surface area contributed by atoms with Crippen LogP contribution in [-0.2, 0) is 4.79 Å². The first-order chi connectivity index (χ1) is 11.4. The number of nitrogens with zero attached hydrogens (tertiary/aromatic N) is 1. The van der Waals surface area contributed by atoms with Crippen LogP contribution in [0.2, 0.25) is 0 Å². The van der Waals surface area contributed by atoms with Crippen LogP contribution >= 0.6 is 0 Å². The molecule has 1 aromatic carbocycles. The molecule has 3 rings (SSSR count). The maximum absolute atomic E-state index is 12.9. The summed E-state index contributed by atoms with van der Waals surface area (Å²) >= 11 is 0. The van der Waals surface area contributed by atoms with Gasteiger partial charge in [0.05, 0.1) is 0 Å². The van der Waals surface area contributed by atoms with Crippen LogP contribution in [0.25, 0.3) is 0 Å². The first-order valence-corrected chi connectivity index (χ1v) is 8.64. The number of fused-ring (bicyclic) bond motifs is 2. The van der Waals surface area contributed by atoms with Gasteiger partial charge in [0, 0.05) is 30.9 Å². The van der Waals surface area contributed by atoms with Crippen molar-refractivity contribution in [3.05, 3.63) is 30.3 Å². The first kappa shape index (κ1) is 16.8. The van der Waals surface area contributed by atoms with Gasteiger partial charge in [0.25, 0.3) is 0 Å². The zero-order valence-electron chi connectivity index (χ0n) is 14.3. The lowest BCUT2D eigenvalue weighted by Crippen LogP contribution is -2.58. The molecule has 1 aromatic rings. The average Bonchev–Trinajstić information content (AvgIpc) is 2.86. The second kappa shape index (κ2) is 6.81. The van der Waals surface area contributed by atoms with E-state index < -0.39 is 5.54 Å². The summed E-state index contributed by atoms with van der Waals surface area (Å²) in [5, 5.41) is 9.14. The van der Waals surface area contributed by atoms with Crippen LogP contribution in [0.4, 0.5) is 10.5 Å². The van der Waals surface area contributed by atoms with Crippen molar-refractivity contribution in [2.75, 3.05) is 18.4 Å². The molecule has 6 heteroatoms. The third-order valence-electron chi connectivity index (χ3n) is 4.80. The van der Waals surface area contributed by atoms with Crippen molar-refractivity contribution in [2.24, 2.45) is 0 Å². The zero-order valence-corrected chi connectivity index (χ0v) is 14.3. The van der Waals surface area contributed by atoms with E-state index in [0.29, 0.717) is 17.8 Å². The fraction of sp³-hybridized carbons (Fsp3) is 0.556. The summed E-state index contributed by atoms with van der Waals surface area (Å²) in [4.78, 5) is 27.0. The molecule has 2 aliphatic rings. The minimum absolute atomic E-state index is 0.0277. The summed E-state index contributed by atoms with van der Waals surface area (Å²) in [6.07, 6.45) is 3.30. The van der Waals surface area contributed by atoms with E-state index in [2.05, 4.69) is 16.0 Å². The van der Waals surface area contributed by atoms with Crippen LogP contribution < -0.4 is 16.0 Å². The van der Waals surface area contributed by atoms with Crippen molar-refractivity contribution in [2.45, 2.75) is 50.7 Å². The molecule has 0 radical (unpaired) electrons. The molecule has 2 aliphatic heterocycles. The van der Waals surface area contributed by atoms with Gasteiger partial charge in [0.15, 0.2) is 0 Å². The van der Waals surface area contributed by atoms with E-state index in [1.54, 1.807) is 13.8 Å². The number of carbonyl (C=O) groups is 2. The summed E-state index contributed by atoms with van der Waals surface area (Å²) < 4.78 is 0. The van der Waals surface area contributed by atoms with E-state index in [0.717, 1.165) is 25.9 Å². The Labute approximate surface area is 143 Å². The highest BCUT2D eigenvalue weighted by molar-refractivity contribution is 5.95. The predicted octanol–water partition coefficient (Wildman–Crippen LogP) is 1.94. The average molecular weight is 330 g/mol. The molecule has 0 saturated carbocycles. The van der Waals surface area contributed by atoms with Crippen LogP contribution in [0, 0.1) is 0 Å². The zero-order chi connectivity index (χ0) is 17.2. The number of benzene rings is 1. The van der Waals surface area contributed by atoms with Gasteiger partial charge in [-0.2, -0.15) is 0 Å². The maximum Gasteiger partial charge on any atom is 0.320 e. The largest absolute Gasteiger partial charge is 0.339 e. The Balaban J connectivity index is 1.59. The first-order valence-electron chi connectivity index (χ1n) is 8.64. The number of para-hydroxylation sites is 1. The molecule has 0 aliphatic carbocycles. The normalized spacial score (nSPS) is 23.5. The monoisotopic (exact) mass is 330 g/mol. The van der Waals surface area contributed by atoms with Crippen molar-refractivity contribution in [3.63, 3.8) is 0 Å². The maximum atomic E-state index is 12.9. The molecule has 2 fully saturated rings. The van der Waals surface area contributed by atoms with E-state index in [9.17, 15) is 9.59 Å². The van der Waals surface area contributed by atoms with E-state index in [-0.39, 0.29) is 11.9 Å². The molecule has 2 bridgehead atoms. The highest BCUT2D eigenvalue weighted by atomic mass is 16.2. The molecule has 2 saturated heterocycles.